The van der Waals surface area contributed by atoms with E-state index in [0.717, 1.165) is 28.2 Å². The molecule has 0 unspecified atom stereocenters. The molecule has 3 rings (SSSR count). The highest BCUT2D eigenvalue weighted by Gasteiger charge is 2.12. The topological polar surface area (TPSA) is 30.9 Å². The van der Waals surface area contributed by atoms with Gasteiger partial charge in [-0.3, -0.25) is 0 Å². The van der Waals surface area contributed by atoms with Gasteiger partial charge in [0, 0.05) is 19.2 Å². The summed E-state index contributed by atoms with van der Waals surface area (Å²) >= 11 is 0. The molecule has 0 saturated heterocycles. The lowest BCUT2D eigenvalue weighted by Crippen LogP contribution is -2.26. The van der Waals surface area contributed by atoms with E-state index in [0.29, 0.717) is 0 Å². The summed E-state index contributed by atoms with van der Waals surface area (Å²) in [6.45, 7) is 0. The number of fused-ring (bicyclic) bond motifs is 1. The van der Waals surface area contributed by atoms with Crippen LogP contribution in [0, 0.1) is 0 Å². The van der Waals surface area contributed by atoms with Crippen molar-refractivity contribution in [2.24, 2.45) is 14.1 Å². The summed E-state index contributed by atoms with van der Waals surface area (Å²) in [6, 6.07) is 10.0. The van der Waals surface area contributed by atoms with Crippen LogP contribution in [0.3, 0.4) is 0 Å². The van der Waals surface area contributed by atoms with Gasteiger partial charge < -0.3 is 9.30 Å². The zero-order valence-corrected chi connectivity index (χ0v) is 11.3. The minimum atomic E-state index is 0.848. The predicted molar refractivity (Wildman–Crippen MR) is 73.9 cm³/mol. The summed E-state index contributed by atoms with van der Waals surface area (Å²) in [5.41, 5.74) is 3.15. The fourth-order valence-corrected chi connectivity index (χ4v) is 2.27. The Morgan fingerprint density at radius 1 is 1.26 bits per heavy atom. The first-order valence-electron chi connectivity index (χ1n) is 6.15. The number of rotatable bonds is 2. The third-order valence-electron chi connectivity index (χ3n) is 3.29. The monoisotopic (exact) mass is 254 g/mol. The maximum Gasteiger partial charge on any atom is 0.179 e. The lowest BCUT2D eigenvalue weighted by Gasteiger charge is -2.02. The molecule has 1 aromatic carbocycles. The standard InChI is InChI=1S/C15H16N3O/c1-17-8-4-5-11(10-17)15-16-13-7-6-12(19-3)9-14(13)18(15)2/h4-10H,1-3H3/q+1. The van der Waals surface area contributed by atoms with E-state index in [9.17, 15) is 0 Å². The highest BCUT2D eigenvalue weighted by molar-refractivity contribution is 5.81. The Labute approximate surface area is 111 Å². The van der Waals surface area contributed by atoms with Gasteiger partial charge in [-0.2, -0.15) is 0 Å². The second kappa shape index (κ2) is 4.39. The first-order valence-corrected chi connectivity index (χ1v) is 6.15. The first kappa shape index (κ1) is 11.7. The summed E-state index contributed by atoms with van der Waals surface area (Å²) < 4.78 is 9.38. The van der Waals surface area contributed by atoms with E-state index in [1.54, 1.807) is 7.11 Å². The summed E-state index contributed by atoms with van der Waals surface area (Å²) in [6.07, 6.45) is 4.08. The number of pyridine rings is 1. The molecule has 0 aliphatic heterocycles. The number of ether oxygens (including phenoxy) is 1. The minimum absolute atomic E-state index is 0.848. The summed E-state index contributed by atoms with van der Waals surface area (Å²) in [5, 5.41) is 0. The van der Waals surface area contributed by atoms with Gasteiger partial charge in [0.1, 0.15) is 18.6 Å². The van der Waals surface area contributed by atoms with Gasteiger partial charge in [0.25, 0.3) is 0 Å². The molecule has 0 saturated carbocycles. The van der Waals surface area contributed by atoms with Crippen LogP contribution in [0.5, 0.6) is 5.75 Å². The fraction of sp³-hybridized carbons (Fsp3) is 0.200. The number of hydrogen-bond donors (Lipinski definition) is 0. The van der Waals surface area contributed by atoms with Crippen molar-refractivity contribution < 1.29 is 9.30 Å². The van der Waals surface area contributed by atoms with Crippen LogP contribution in [-0.4, -0.2) is 16.7 Å². The van der Waals surface area contributed by atoms with E-state index in [1.165, 1.54) is 0 Å². The molecule has 2 heterocycles. The van der Waals surface area contributed by atoms with E-state index in [1.807, 2.05) is 49.1 Å². The lowest BCUT2D eigenvalue weighted by molar-refractivity contribution is -0.671. The summed E-state index contributed by atoms with van der Waals surface area (Å²) in [5.74, 6) is 1.81. The van der Waals surface area contributed by atoms with E-state index >= 15 is 0 Å². The third kappa shape index (κ3) is 1.95. The van der Waals surface area contributed by atoms with Gasteiger partial charge in [0.15, 0.2) is 12.4 Å². The average molecular weight is 254 g/mol. The number of nitrogens with zero attached hydrogens (tertiary/aromatic N) is 3. The van der Waals surface area contributed by atoms with Gasteiger partial charge in [-0.1, -0.05) is 0 Å². The van der Waals surface area contributed by atoms with Crippen molar-refractivity contribution in [1.82, 2.24) is 9.55 Å². The van der Waals surface area contributed by atoms with Crippen molar-refractivity contribution in [2.75, 3.05) is 7.11 Å². The fourth-order valence-electron chi connectivity index (χ4n) is 2.27. The van der Waals surface area contributed by atoms with Crippen molar-refractivity contribution in [3.63, 3.8) is 0 Å². The van der Waals surface area contributed by atoms with E-state index in [4.69, 9.17) is 9.72 Å². The van der Waals surface area contributed by atoms with Crippen LogP contribution in [0.4, 0.5) is 0 Å². The molecular formula is C15H16N3O+. The van der Waals surface area contributed by atoms with Gasteiger partial charge in [-0.25, -0.2) is 9.55 Å². The van der Waals surface area contributed by atoms with Crippen LogP contribution in [0.25, 0.3) is 22.4 Å². The zero-order chi connectivity index (χ0) is 13.4. The number of methoxy groups -OCH3 is 1. The molecule has 96 valence electrons. The molecule has 4 heteroatoms. The number of aromatic nitrogens is 3. The van der Waals surface area contributed by atoms with Crippen LogP contribution >= 0.6 is 0 Å². The maximum absolute atomic E-state index is 5.27. The quantitative estimate of drug-likeness (QED) is 0.656. The molecule has 0 aliphatic carbocycles. The molecule has 0 bridgehead atoms. The molecule has 0 atom stereocenters. The van der Waals surface area contributed by atoms with Crippen molar-refractivity contribution in [1.29, 1.82) is 0 Å². The molecule has 19 heavy (non-hydrogen) atoms. The Morgan fingerprint density at radius 2 is 2.11 bits per heavy atom. The Bertz CT molecular complexity index is 746. The van der Waals surface area contributed by atoms with Gasteiger partial charge in [-0.05, 0) is 18.2 Å². The highest BCUT2D eigenvalue weighted by Crippen LogP contribution is 2.25. The van der Waals surface area contributed by atoms with Crippen LogP contribution in [0.2, 0.25) is 0 Å². The Morgan fingerprint density at radius 3 is 2.84 bits per heavy atom. The first-order chi connectivity index (χ1) is 9.19. The smallest absolute Gasteiger partial charge is 0.179 e. The Hall–Kier alpha value is -2.36. The highest BCUT2D eigenvalue weighted by atomic mass is 16.5. The molecule has 0 N–H and O–H groups in total. The van der Waals surface area contributed by atoms with Crippen LogP contribution < -0.4 is 9.30 Å². The summed E-state index contributed by atoms with van der Waals surface area (Å²) in [4.78, 5) is 4.69. The molecular weight excluding hydrogens is 238 g/mol. The molecule has 0 aliphatic rings. The van der Waals surface area contributed by atoms with Gasteiger partial charge in [-0.15, -0.1) is 0 Å². The van der Waals surface area contributed by atoms with Crippen molar-refractivity contribution in [3.05, 3.63) is 42.7 Å². The minimum Gasteiger partial charge on any atom is -0.497 e. The van der Waals surface area contributed by atoms with E-state index in [-0.39, 0.29) is 0 Å². The number of hydrogen-bond acceptors (Lipinski definition) is 2. The maximum atomic E-state index is 5.27. The Balaban J connectivity index is 2.22. The average Bonchev–Trinajstić information content (AvgIpc) is 2.76. The molecule has 0 spiro atoms. The predicted octanol–water partition coefficient (Wildman–Crippen LogP) is 2.07. The largest absolute Gasteiger partial charge is 0.497 e. The van der Waals surface area contributed by atoms with E-state index < -0.39 is 0 Å². The van der Waals surface area contributed by atoms with Crippen molar-refractivity contribution >= 4 is 11.0 Å². The number of imidazole rings is 1. The van der Waals surface area contributed by atoms with Gasteiger partial charge >= 0.3 is 0 Å². The number of benzene rings is 1. The molecule has 0 radical (unpaired) electrons. The van der Waals surface area contributed by atoms with Gasteiger partial charge in [0.2, 0.25) is 0 Å². The van der Waals surface area contributed by atoms with Crippen LogP contribution in [0.1, 0.15) is 0 Å². The van der Waals surface area contributed by atoms with Crippen LogP contribution in [0.15, 0.2) is 42.7 Å². The zero-order valence-electron chi connectivity index (χ0n) is 11.3. The second-order valence-corrected chi connectivity index (χ2v) is 4.61. The molecule has 0 fully saturated rings. The number of aryl methyl sites for hydroxylation is 2. The summed E-state index contributed by atoms with van der Waals surface area (Å²) in [7, 11) is 5.71. The Kier molecular flexibility index (Phi) is 2.71. The van der Waals surface area contributed by atoms with E-state index in [2.05, 4.69) is 16.8 Å². The van der Waals surface area contributed by atoms with Crippen LogP contribution in [-0.2, 0) is 14.1 Å². The van der Waals surface area contributed by atoms with Gasteiger partial charge in [0.05, 0.1) is 23.7 Å². The van der Waals surface area contributed by atoms with Crippen molar-refractivity contribution in [2.45, 2.75) is 0 Å². The normalized spacial score (nSPS) is 10.9. The van der Waals surface area contributed by atoms with Crippen molar-refractivity contribution in [3.8, 4) is 17.1 Å². The molecule has 4 nitrogen and oxygen atoms in total. The third-order valence-corrected chi connectivity index (χ3v) is 3.29. The molecule has 0 amide bonds. The SMILES string of the molecule is COc1ccc2nc(-c3ccc[n+](C)c3)n(C)c2c1. The molecule has 2 aromatic heterocycles. The second-order valence-electron chi connectivity index (χ2n) is 4.61. The lowest BCUT2D eigenvalue weighted by atomic mass is 10.2. The molecule has 3 aromatic rings.